The zero-order chi connectivity index (χ0) is 11.1. The molecule has 0 atom stereocenters. The van der Waals surface area contributed by atoms with Gasteiger partial charge in [-0.25, -0.2) is 0 Å². The molecule has 1 aromatic rings. The molecule has 1 aromatic carbocycles. The van der Waals surface area contributed by atoms with Gasteiger partial charge in [-0.1, -0.05) is 6.07 Å². The van der Waals surface area contributed by atoms with E-state index in [1.54, 1.807) is 0 Å². The molecule has 0 spiro atoms. The molecule has 0 fully saturated rings. The van der Waals surface area contributed by atoms with Crippen molar-refractivity contribution < 1.29 is 4.79 Å². The number of nitrogens with one attached hydrogen (secondary N) is 2. The first kappa shape index (κ1) is 10.0. The Balaban J connectivity index is 2.45. The van der Waals surface area contributed by atoms with Crippen LogP contribution in [0.2, 0.25) is 0 Å². The predicted octanol–water partition coefficient (Wildman–Crippen LogP) is 2.53. The maximum Gasteiger partial charge on any atom is 0.226 e. The van der Waals surface area contributed by atoms with Gasteiger partial charge in [0.25, 0.3) is 0 Å². The number of benzene rings is 1. The summed E-state index contributed by atoms with van der Waals surface area (Å²) < 4.78 is 0. The second kappa shape index (κ2) is 3.26. The second-order valence-electron chi connectivity index (χ2n) is 4.78. The van der Waals surface area contributed by atoms with Crippen molar-refractivity contribution in [3.8, 4) is 0 Å². The van der Waals surface area contributed by atoms with Crippen LogP contribution in [0.15, 0.2) is 18.2 Å². The van der Waals surface area contributed by atoms with Crippen LogP contribution in [0.5, 0.6) is 0 Å². The minimum Gasteiger partial charge on any atom is -0.378 e. The van der Waals surface area contributed by atoms with Gasteiger partial charge in [0, 0.05) is 12.0 Å². The number of amides is 1. The second-order valence-corrected chi connectivity index (χ2v) is 4.78. The van der Waals surface area contributed by atoms with Crippen LogP contribution in [0.4, 0.5) is 11.4 Å². The van der Waals surface area contributed by atoms with Crippen LogP contribution in [0.25, 0.3) is 0 Å². The van der Waals surface area contributed by atoms with Gasteiger partial charge < -0.3 is 10.6 Å². The van der Waals surface area contributed by atoms with Crippen molar-refractivity contribution in [1.29, 1.82) is 0 Å². The van der Waals surface area contributed by atoms with Crippen molar-refractivity contribution in [3.05, 3.63) is 23.8 Å². The molecular formula is C12H16N2O. The third kappa shape index (κ3) is 2.12. The lowest BCUT2D eigenvalue weighted by Crippen LogP contribution is -2.32. The molecule has 0 aromatic heterocycles. The topological polar surface area (TPSA) is 41.1 Å². The number of hydrogen-bond acceptors (Lipinski definition) is 2. The molecule has 80 valence electrons. The van der Waals surface area contributed by atoms with Crippen molar-refractivity contribution in [3.63, 3.8) is 0 Å². The predicted molar refractivity (Wildman–Crippen MR) is 62.1 cm³/mol. The van der Waals surface area contributed by atoms with E-state index in [2.05, 4.69) is 10.6 Å². The van der Waals surface area contributed by atoms with E-state index in [9.17, 15) is 4.79 Å². The molecule has 3 heteroatoms. The van der Waals surface area contributed by atoms with Gasteiger partial charge in [-0.3, -0.25) is 4.79 Å². The van der Waals surface area contributed by atoms with Crippen molar-refractivity contribution in [2.24, 2.45) is 0 Å². The monoisotopic (exact) mass is 204 g/mol. The molecule has 0 bridgehead atoms. The molecule has 15 heavy (non-hydrogen) atoms. The van der Waals surface area contributed by atoms with Crippen LogP contribution in [-0.4, -0.2) is 11.4 Å². The first-order valence-corrected chi connectivity index (χ1v) is 5.15. The highest BCUT2D eigenvalue weighted by Gasteiger charge is 2.26. The van der Waals surface area contributed by atoms with Gasteiger partial charge in [-0.2, -0.15) is 0 Å². The fraction of sp³-hybridized carbons (Fsp3) is 0.417. The summed E-state index contributed by atoms with van der Waals surface area (Å²) in [7, 11) is 0. The first-order chi connectivity index (χ1) is 6.96. The van der Waals surface area contributed by atoms with Crippen molar-refractivity contribution >= 4 is 17.3 Å². The largest absolute Gasteiger partial charge is 0.378 e. The van der Waals surface area contributed by atoms with E-state index < -0.39 is 0 Å². The molecule has 1 aliphatic heterocycles. The van der Waals surface area contributed by atoms with E-state index in [-0.39, 0.29) is 11.4 Å². The zero-order valence-corrected chi connectivity index (χ0v) is 9.35. The fourth-order valence-electron chi connectivity index (χ4n) is 1.88. The SMILES string of the molecule is Cc1ccc2c(c1)NC(=O)CC(C)(C)N2. The quantitative estimate of drug-likeness (QED) is 0.681. The Morgan fingerprint density at radius 1 is 1.27 bits per heavy atom. The summed E-state index contributed by atoms with van der Waals surface area (Å²) in [6.45, 7) is 6.07. The number of carbonyl (C=O) groups excluding carboxylic acids is 1. The lowest BCUT2D eigenvalue weighted by Gasteiger charge is -2.24. The number of fused-ring (bicyclic) bond motifs is 1. The van der Waals surface area contributed by atoms with Crippen LogP contribution in [0.3, 0.4) is 0 Å². The highest BCUT2D eigenvalue weighted by atomic mass is 16.1. The van der Waals surface area contributed by atoms with E-state index in [1.807, 2.05) is 39.0 Å². The minimum absolute atomic E-state index is 0.0665. The van der Waals surface area contributed by atoms with Crippen LogP contribution in [0.1, 0.15) is 25.8 Å². The van der Waals surface area contributed by atoms with E-state index in [0.717, 1.165) is 16.9 Å². The summed E-state index contributed by atoms with van der Waals surface area (Å²) in [6.07, 6.45) is 0.487. The summed E-state index contributed by atoms with van der Waals surface area (Å²) in [6, 6.07) is 6.04. The molecular weight excluding hydrogens is 188 g/mol. The molecule has 2 rings (SSSR count). The minimum atomic E-state index is -0.190. The smallest absolute Gasteiger partial charge is 0.226 e. The van der Waals surface area contributed by atoms with Gasteiger partial charge >= 0.3 is 0 Å². The molecule has 0 saturated carbocycles. The van der Waals surface area contributed by atoms with Gasteiger partial charge in [-0.15, -0.1) is 0 Å². The summed E-state index contributed by atoms with van der Waals surface area (Å²) in [5.74, 6) is 0.0665. The number of aryl methyl sites for hydroxylation is 1. The Morgan fingerprint density at radius 2 is 2.00 bits per heavy atom. The highest BCUT2D eigenvalue weighted by Crippen LogP contribution is 2.30. The molecule has 1 heterocycles. The van der Waals surface area contributed by atoms with E-state index >= 15 is 0 Å². The average Bonchev–Trinajstić information content (AvgIpc) is 2.18. The summed E-state index contributed by atoms with van der Waals surface area (Å²) >= 11 is 0. The normalized spacial score (nSPS) is 18.5. The number of hydrogen-bond donors (Lipinski definition) is 2. The molecule has 3 nitrogen and oxygen atoms in total. The van der Waals surface area contributed by atoms with E-state index in [0.29, 0.717) is 6.42 Å². The number of carbonyl (C=O) groups is 1. The Morgan fingerprint density at radius 3 is 2.73 bits per heavy atom. The molecule has 1 aliphatic rings. The average molecular weight is 204 g/mol. The summed E-state index contributed by atoms with van der Waals surface area (Å²) in [5.41, 5.74) is 2.84. The van der Waals surface area contributed by atoms with E-state index in [4.69, 9.17) is 0 Å². The molecule has 0 aliphatic carbocycles. The molecule has 1 amide bonds. The van der Waals surface area contributed by atoms with Gasteiger partial charge in [-0.05, 0) is 38.5 Å². The van der Waals surface area contributed by atoms with Crippen molar-refractivity contribution in [2.75, 3.05) is 10.6 Å². The molecule has 0 saturated heterocycles. The standard InChI is InChI=1S/C12H16N2O/c1-8-4-5-9-10(6-8)13-11(15)7-12(2,3)14-9/h4-6,14H,7H2,1-3H3,(H,13,15). The lowest BCUT2D eigenvalue weighted by molar-refractivity contribution is -0.116. The lowest BCUT2D eigenvalue weighted by atomic mass is 10.0. The highest BCUT2D eigenvalue weighted by molar-refractivity contribution is 5.97. The third-order valence-electron chi connectivity index (χ3n) is 2.52. The third-order valence-corrected chi connectivity index (χ3v) is 2.52. The van der Waals surface area contributed by atoms with Crippen LogP contribution >= 0.6 is 0 Å². The summed E-state index contributed by atoms with van der Waals surface area (Å²) in [5, 5.41) is 6.29. The van der Waals surface area contributed by atoms with Crippen molar-refractivity contribution in [1.82, 2.24) is 0 Å². The van der Waals surface area contributed by atoms with Crippen LogP contribution in [0, 0.1) is 6.92 Å². The van der Waals surface area contributed by atoms with Gasteiger partial charge in [0.15, 0.2) is 0 Å². The van der Waals surface area contributed by atoms with Crippen LogP contribution < -0.4 is 10.6 Å². The summed E-state index contributed by atoms with van der Waals surface area (Å²) in [4.78, 5) is 11.6. The van der Waals surface area contributed by atoms with E-state index in [1.165, 1.54) is 0 Å². The number of rotatable bonds is 0. The Bertz CT molecular complexity index is 410. The Kier molecular flexibility index (Phi) is 2.18. The molecule has 0 unspecified atom stereocenters. The molecule has 2 N–H and O–H groups in total. The van der Waals surface area contributed by atoms with Gasteiger partial charge in [0.05, 0.1) is 11.4 Å². The first-order valence-electron chi connectivity index (χ1n) is 5.15. The zero-order valence-electron chi connectivity index (χ0n) is 9.35. The van der Waals surface area contributed by atoms with Gasteiger partial charge in [0.2, 0.25) is 5.91 Å². The maximum atomic E-state index is 11.6. The fourth-order valence-corrected chi connectivity index (χ4v) is 1.88. The van der Waals surface area contributed by atoms with Crippen molar-refractivity contribution in [2.45, 2.75) is 32.7 Å². The maximum absolute atomic E-state index is 11.6. The molecule has 0 radical (unpaired) electrons. The van der Waals surface area contributed by atoms with Gasteiger partial charge in [0.1, 0.15) is 0 Å². The Hall–Kier alpha value is -1.51. The number of anilines is 2. The Labute approximate surface area is 89.9 Å². The van der Waals surface area contributed by atoms with Crippen LogP contribution in [-0.2, 0) is 4.79 Å².